The van der Waals surface area contributed by atoms with Gasteiger partial charge in [-0.25, -0.2) is 0 Å². The van der Waals surface area contributed by atoms with Gasteiger partial charge in [0.25, 0.3) is 0 Å². The molecule has 0 bridgehead atoms. The first-order valence-electron chi connectivity index (χ1n) is 5.56. The van der Waals surface area contributed by atoms with Crippen molar-refractivity contribution in [2.45, 2.75) is 38.1 Å². The molecular weight excluding hydrogens is 190 g/mol. The average Bonchev–Trinajstić information content (AvgIpc) is 2.70. The highest BCUT2D eigenvalue weighted by Gasteiger charge is 2.25. The quantitative estimate of drug-likeness (QED) is 0.823. The molecule has 2 N–H and O–H groups in total. The van der Waals surface area contributed by atoms with Gasteiger partial charge in [0.2, 0.25) is 0 Å². The van der Waals surface area contributed by atoms with E-state index < -0.39 is 0 Å². The van der Waals surface area contributed by atoms with Crippen LogP contribution in [0.2, 0.25) is 0 Å². The predicted octanol–water partition coefficient (Wildman–Crippen LogP) is 1.91. The smallest absolute Gasteiger partial charge is 0.143 e. The van der Waals surface area contributed by atoms with Gasteiger partial charge in [-0.15, -0.1) is 0 Å². The summed E-state index contributed by atoms with van der Waals surface area (Å²) in [6.07, 6.45) is 6.01. The predicted molar refractivity (Wildman–Crippen MR) is 57.4 cm³/mol. The summed E-state index contributed by atoms with van der Waals surface area (Å²) in [5.41, 5.74) is 5.86. The Morgan fingerprint density at radius 3 is 3.07 bits per heavy atom. The lowest BCUT2D eigenvalue weighted by Crippen LogP contribution is -2.32. The Bertz CT molecular complexity index is 318. The van der Waals surface area contributed by atoms with E-state index in [1.54, 1.807) is 6.26 Å². The van der Waals surface area contributed by atoms with Gasteiger partial charge in [-0.05, 0) is 31.4 Å². The lowest BCUT2D eigenvalue weighted by Gasteiger charge is -2.25. The molecule has 2 unspecified atom stereocenters. The summed E-state index contributed by atoms with van der Waals surface area (Å²) in [5.74, 6) is 1.19. The molecule has 3 nitrogen and oxygen atoms in total. The minimum absolute atomic E-state index is 0.152. The van der Waals surface area contributed by atoms with Crippen molar-refractivity contribution in [1.82, 2.24) is 0 Å². The summed E-state index contributed by atoms with van der Waals surface area (Å²) in [6.45, 7) is 0. The van der Waals surface area contributed by atoms with Crippen molar-refractivity contribution < 1.29 is 9.21 Å². The van der Waals surface area contributed by atoms with Crippen LogP contribution in [-0.4, -0.2) is 11.8 Å². The number of hydrogen-bond acceptors (Lipinski definition) is 3. The van der Waals surface area contributed by atoms with Crippen LogP contribution in [0.4, 0.5) is 0 Å². The summed E-state index contributed by atoms with van der Waals surface area (Å²) in [6, 6.07) is 3.87. The number of ketones is 1. The minimum atomic E-state index is 0.152. The van der Waals surface area contributed by atoms with E-state index >= 15 is 0 Å². The summed E-state index contributed by atoms with van der Waals surface area (Å²) in [4.78, 5) is 11.9. The summed E-state index contributed by atoms with van der Waals surface area (Å²) < 4.78 is 5.17. The Morgan fingerprint density at radius 1 is 1.53 bits per heavy atom. The van der Waals surface area contributed by atoms with Gasteiger partial charge in [0.05, 0.1) is 12.7 Å². The number of hydrogen-bond donors (Lipinski definition) is 1. The van der Waals surface area contributed by atoms with Gasteiger partial charge in [-0.1, -0.05) is 6.42 Å². The van der Waals surface area contributed by atoms with E-state index in [2.05, 4.69) is 0 Å². The van der Waals surface area contributed by atoms with Crippen LogP contribution in [-0.2, 0) is 11.2 Å². The monoisotopic (exact) mass is 207 g/mol. The van der Waals surface area contributed by atoms with Crippen molar-refractivity contribution in [2.75, 3.05) is 0 Å². The van der Waals surface area contributed by atoms with Crippen molar-refractivity contribution in [3.8, 4) is 0 Å². The summed E-state index contributed by atoms with van der Waals surface area (Å²) >= 11 is 0. The van der Waals surface area contributed by atoms with E-state index in [1.165, 1.54) is 0 Å². The lowest BCUT2D eigenvalue weighted by atomic mass is 9.82. The molecule has 15 heavy (non-hydrogen) atoms. The third-order valence-corrected chi connectivity index (χ3v) is 3.10. The molecular formula is C12H17NO2. The summed E-state index contributed by atoms with van der Waals surface area (Å²) in [5, 5.41) is 0. The van der Waals surface area contributed by atoms with E-state index in [0.717, 1.165) is 31.4 Å². The van der Waals surface area contributed by atoms with Crippen molar-refractivity contribution in [1.29, 1.82) is 0 Å². The minimum Gasteiger partial charge on any atom is -0.469 e. The van der Waals surface area contributed by atoms with Gasteiger partial charge >= 0.3 is 0 Å². The molecule has 0 spiro atoms. The van der Waals surface area contributed by atoms with Crippen LogP contribution < -0.4 is 5.73 Å². The number of carbonyl (C=O) groups excluding carboxylic acids is 1. The third kappa shape index (κ3) is 2.69. The Labute approximate surface area is 89.6 Å². The molecule has 0 saturated heterocycles. The van der Waals surface area contributed by atoms with Gasteiger partial charge < -0.3 is 10.2 Å². The molecule has 3 heteroatoms. The number of carbonyl (C=O) groups is 1. The van der Waals surface area contributed by atoms with E-state index in [1.807, 2.05) is 12.1 Å². The molecule has 2 atom stereocenters. The lowest BCUT2D eigenvalue weighted by molar-refractivity contribution is -0.123. The number of furan rings is 1. The van der Waals surface area contributed by atoms with Crippen LogP contribution in [0, 0.1) is 5.92 Å². The normalized spacial score (nSPS) is 26.5. The van der Waals surface area contributed by atoms with E-state index in [4.69, 9.17) is 10.2 Å². The van der Waals surface area contributed by atoms with E-state index in [0.29, 0.717) is 6.42 Å². The molecule has 1 heterocycles. The zero-order valence-corrected chi connectivity index (χ0v) is 8.82. The zero-order chi connectivity index (χ0) is 10.7. The van der Waals surface area contributed by atoms with Crippen molar-refractivity contribution in [2.24, 2.45) is 11.7 Å². The summed E-state index contributed by atoms with van der Waals surface area (Å²) in [7, 11) is 0. The van der Waals surface area contributed by atoms with Crippen LogP contribution in [0.5, 0.6) is 0 Å². The van der Waals surface area contributed by atoms with Crippen LogP contribution in [0.3, 0.4) is 0 Å². The first kappa shape index (κ1) is 10.4. The Kier molecular flexibility index (Phi) is 3.21. The van der Waals surface area contributed by atoms with Gasteiger partial charge in [0.15, 0.2) is 0 Å². The highest BCUT2D eigenvalue weighted by atomic mass is 16.3. The molecule has 0 radical (unpaired) electrons. The van der Waals surface area contributed by atoms with E-state index in [9.17, 15) is 4.79 Å². The molecule has 1 aromatic rings. The Balaban J connectivity index is 1.90. The highest BCUT2D eigenvalue weighted by Crippen LogP contribution is 2.25. The second-order valence-corrected chi connectivity index (χ2v) is 4.35. The first-order chi connectivity index (χ1) is 7.25. The third-order valence-electron chi connectivity index (χ3n) is 3.10. The van der Waals surface area contributed by atoms with Crippen LogP contribution >= 0.6 is 0 Å². The zero-order valence-electron chi connectivity index (χ0n) is 8.82. The number of nitrogens with two attached hydrogens (primary N) is 1. The fourth-order valence-corrected chi connectivity index (χ4v) is 2.25. The molecule has 0 amide bonds. The second kappa shape index (κ2) is 4.62. The first-order valence-corrected chi connectivity index (χ1v) is 5.56. The Morgan fingerprint density at radius 2 is 2.40 bits per heavy atom. The molecule has 1 saturated carbocycles. The molecule has 1 fully saturated rings. The largest absolute Gasteiger partial charge is 0.469 e. The van der Waals surface area contributed by atoms with Crippen molar-refractivity contribution in [3.63, 3.8) is 0 Å². The fourth-order valence-electron chi connectivity index (χ4n) is 2.25. The standard InChI is InChI=1S/C12H17NO2/c13-10-4-1-3-9(7-10)12(14)8-11-5-2-6-15-11/h2,5-6,9-10H,1,3-4,7-8,13H2. The average molecular weight is 207 g/mol. The number of rotatable bonds is 3. The molecule has 82 valence electrons. The second-order valence-electron chi connectivity index (χ2n) is 4.35. The van der Waals surface area contributed by atoms with Gasteiger partial charge in [-0.3, -0.25) is 4.79 Å². The van der Waals surface area contributed by atoms with Gasteiger partial charge in [0, 0.05) is 12.0 Å². The number of Topliss-reactive ketones (excluding diaryl/α,β-unsaturated/α-hetero) is 1. The maximum absolute atomic E-state index is 11.9. The van der Waals surface area contributed by atoms with Crippen molar-refractivity contribution >= 4 is 5.78 Å². The molecule has 2 rings (SSSR count). The Hall–Kier alpha value is -1.09. The fraction of sp³-hybridized carbons (Fsp3) is 0.583. The maximum atomic E-state index is 11.9. The topological polar surface area (TPSA) is 56.2 Å². The van der Waals surface area contributed by atoms with Crippen LogP contribution in [0.15, 0.2) is 22.8 Å². The molecule has 0 aliphatic heterocycles. The molecule has 0 aromatic carbocycles. The molecule has 1 aliphatic carbocycles. The van der Waals surface area contributed by atoms with Crippen LogP contribution in [0.1, 0.15) is 31.4 Å². The SMILES string of the molecule is NC1CCCC(C(=O)Cc2ccco2)C1. The van der Waals surface area contributed by atoms with Crippen molar-refractivity contribution in [3.05, 3.63) is 24.2 Å². The molecule has 1 aliphatic rings. The van der Waals surface area contributed by atoms with Gasteiger partial charge in [0.1, 0.15) is 11.5 Å². The van der Waals surface area contributed by atoms with E-state index in [-0.39, 0.29) is 17.7 Å². The maximum Gasteiger partial charge on any atom is 0.143 e. The molecule has 1 aromatic heterocycles. The van der Waals surface area contributed by atoms with Crippen LogP contribution in [0.25, 0.3) is 0 Å². The highest BCUT2D eigenvalue weighted by molar-refractivity contribution is 5.82. The van der Waals surface area contributed by atoms with Gasteiger partial charge in [-0.2, -0.15) is 0 Å².